The molecule has 1 saturated heterocycles. The summed E-state index contributed by atoms with van der Waals surface area (Å²) in [7, 11) is 3.77. The summed E-state index contributed by atoms with van der Waals surface area (Å²) in [5, 5.41) is 0. The highest BCUT2D eigenvalue weighted by Gasteiger charge is 2.47. The van der Waals surface area contributed by atoms with E-state index in [4.69, 9.17) is 37.9 Å². The second-order valence-corrected chi connectivity index (χ2v) is 26.7. The second-order valence-electron chi connectivity index (χ2n) is 26.7. The van der Waals surface area contributed by atoms with Crippen LogP contribution in [0.25, 0.3) is 0 Å². The van der Waals surface area contributed by atoms with Gasteiger partial charge in [0.25, 0.3) is 0 Å². The summed E-state index contributed by atoms with van der Waals surface area (Å²) in [6.45, 7) is 21.6. The normalized spacial score (nSPS) is 16.4. The Labute approximate surface area is 530 Å². The topological polar surface area (TPSA) is 94.2 Å². The molecule has 0 radical (unpaired) electrons. The Hall–Kier alpha value is -0.850. The van der Waals surface area contributed by atoms with Crippen LogP contribution in [0.2, 0.25) is 0 Å². The van der Waals surface area contributed by atoms with Gasteiger partial charge in [-0.1, -0.05) is 292 Å². The number of ether oxygens (including phenoxy) is 8. The first-order valence-corrected chi connectivity index (χ1v) is 37.9. The Balaban J connectivity index is 2.66. The van der Waals surface area contributed by atoms with E-state index in [1.165, 1.54) is 263 Å². The van der Waals surface area contributed by atoms with Crippen LogP contribution in [-0.4, -0.2) is 122 Å². The van der Waals surface area contributed by atoms with E-state index >= 15 is 0 Å². The van der Waals surface area contributed by atoms with E-state index in [2.05, 4.69) is 41.5 Å². The second kappa shape index (κ2) is 64.7. The minimum absolute atomic E-state index is 0.132. The molecule has 10 heteroatoms. The fourth-order valence-electron chi connectivity index (χ4n) is 12.5. The van der Waals surface area contributed by atoms with Gasteiger partial charge in [0.15, 0.2) is 6.29 Å². The lowest BCUT2D eigenvalue weighted by atomic mass is 9.92. The van der Waals surface area contributed by atoms with Gasteiger partial charge in [-0.25, -0.2) is 0 Å². The van der Waals surface area contributed by atoms with Crippen LogP contribution in [0.1, 0.15) is 350 Å². The standard InChI is InChI=1S/C75H149NO9/c1-9-15-36-48-68(49-37-16-10-2)54-63-78-57-42-30-24-21-27-33-45-60-81-73-71(67-84-72(77)66-76(7)8)85-75(83-62-47-35-29-23-26-32-44-59-80-65-56-70(52-40-19-13-5)53-41-20-14-6)74(73)82-61-46-34-28-22-25-31-43-58-79-64-55-69(50-38-17-11-3)51-39-18-12-4/h68-71,73-75H,9-67H2,1-8H3/t71-,73?,74+,75-/m1/s1. The maximum atomic E-state index is 12.8. The molecule has 1 fully saturated rings. The molecule has 0 amide bonds. The van der Waals surface area contributed by atoms with E-state index in [0.29, 0.717) is 19.8 Å². The molecule has 508 valence electrons. The zero-order chi connectivity index (χ0) is 61.6. The first-order chi connectivity index (χ1) is 41.8. The van der Waals surface area contributed by atoms with Gasteiger partial charge in [0, 0.05) is 59.5 Å². The molecule has 0 N–H and O–H groups in total. The molecule has 0 aromatic carbocycles. The Morgan fingerprint density at radius 2 is 0.612 bits per heavy atom. The summed E-state index contributed by atoms with van der Waals surface area (Å²) < 4.78 is 50.9. The molecule has 1 rings (SSSR count). The smallest absolute Gasteiger partial charge is 0.320 e. The third-order valence-electron chi connectivity index (χ3n) is 18.1. The Kier molecular flexibility index (Phi) is 62.5. The monoisotopic (exact) mass is 1210 g/mol. The zero-order valence-corrected chi connectivity index (χ0v) is 58.4. The molecule has 0 bridgehead atoms. The van der Waals surface area contributed by atoms with Crippen molar-refractivity contribution in [2.24, 2.45) is 17.8 Å². The highest BCUT2D eigenvalue weighted by molar-refractivity contribution is 5.71. The van der Waals surface area contributed by atoms with Crippen molar-refractivity contribution in [3.8, 4) is 0 Å². The van der Waals surface area contributed by atoms with Crippen molar-refractivity contribution in [3.05, 3.63) is 0 Å². The van der Waals surface area contributed by atoms with E-state index in [1.807, 2.05) is 19.0 Å². The number of carbonyl (C=O) groups excluding carboxylic acids is 1. The van der Waals surface area contributed by atoms with Crippen LogP contribution in [0.15, 0.2) is 0 Å². The van der Waals surface area contributed by atoms with Gasteiger partial charge < -0.3 is 37.9 Å². The number of nitrogens with zero attached hydrogens (tertiary/aromatic N) is 1. The number of hydrogen-bond acceptors (Lipinski definition) is 10. The fourth-order valence-corrected chi connectivity index (χ4v) is 12.5. The molecule has 1 aliphatic heterocycles. The van der Waals surface area contributed by atoms with Crippen LogP contribution in [0, 0.1) is 17.8 Å². The summed E-state index contributed by atoms with van der Waals surface area (Å²) in [6.07, 6.45) is 59.3. The molecular weight excluding hydrogens is 1060 g/mol. The van der Waals surface area contributed by atoms with Gasteiger partial charge in [0.05, 0.1) is 6.54 Å². The zero-order valence-electron chi connectivity index (χ0n) is 58.4. The summed E-state index contributed by atoms with van der Waals surface area (Å²) in [5.41, 5.74) is 0. The molecule has 0 aromatic heterocycles. The molecule has 4 atom stereocenters. The number of rotatable bonds is 70. The largest absolute Gasteiger partial charge is 0.462 e. The summed E-state index contributed by atoms with van der Waals surface area (Å²) >= 11 is 0. The van der Waals surface area contributed by atoms with Crippen LogP contribution in [0.3, 0.4) is 0 Å². The van der Waals surface area contributed by atoms with Gasteiger partial charge in [-0.3, -0.25) is 9.69 Å². The predicted octanol–water partition coefficient (Wildman–Crippen LogP) is 21.3. The lowest BCUT2D eigenvalue weighted by Crippen LogP contribution is -2.40. The summed E-state index contributed by atoms with van der Waals surface area (Å²) in [6, 6.07) is 0. The van der Waals surface area contributed by atoms with Gasteiger partial charge in [-0.15, -0.1) is 0 Å². The van der Waals surface area contributed by atoms with Gasteiger partial charge in [-0.05, 0) is 89.6 Å². The Morgan fingerprint density at radius 3 is 0.918 bits per heavy atom. The molecule has 0 aliphatic carbocycles. The third-order valence-corrected chi connectivity index (χ3v) is 18.1. The number of unbranched alkanes of at least 4 members (excludes halogenated alkanes) is 30. The Morgan fingerprint density at radius 1 is 0.329 bits per heavy atom. The number of carbonyl (C=O) groups is 1. The maximum absolute atomic E-state index is 12.8. The molecule has 1 aliphatic rings. The van der Waals surface area contributed by atoms with Crippen molar-refractivity contribution in [2.75, 3.05) is 86.7 Å². The number of esters is 1. The van der Waals surface area contributed by atoms with Gasteiger partial charge in [0.2, 0.25) is 0 Å². The van der Waals surface area contributed by atoms with Gasteiger partial charge >= 0.3 is 5.97 Å². The average Bonchev–Trinajstić information content (AvgIpc) is 2.79. The third kappa shape index (κ3) is 52.5. The van der Waals surface area contributed by atoms with Crippen molar-refractivity contribution in [1.82, 2.24) is 4.90 Å². The SMILES string of the molecule is CCCCCC(CCCCC)CCOCCCCCCCCCOC1[C@@H](COC(=O)CN(C)C)O[C@@H](OCCCCCCCCCOCCC(CCCCC)CCCCC)[C@H]1OCCCCCCCCCOCCC(CCCCC)CCCCC. The highest BCUT2D eigenvalue weighted by Crippen LogP contribution is 2.30. The average molecular weight is 1210 g/mol. The Bertz CT molecular complexity index is 1290. The number of hydrogen-bond donors (Lipinski definition) is 0. The van der Waals surface area contributed by atoms with Crippen LogP contribution < -0.4 is 0 Å². The van der Waals surface area contributed by atoms with E-state index in [-0.39, 0.29) is 31.3 Å². The van der Waals surface area contributed by atoms with E-state index in [9.17, 15) is 4.79 Å². The summed E-state index contributed by atoms with van der Waals surface area (Å²) in [5.74, 6) is 2.28. The molecular formula is C75H149NO9. The van der Waals surface area contributed by atoms with Crippen LogP contribution >= 0.6 is 0 Å². The van der Waals surface area contributed by atoms with E-state index in [1.54, 1.807) is 0 Å². The van der Waals surface area contributed by atoms with E-state index in [0.717, 1.165) is 102 Å². The first kappa shape index (κ1) is 82.2. The molecule has 85 heavy (non-hydrogen) atoms. The quantitative estimate of drug-likeness (QED) is 0.0433. The van der Waals surface area contributed by atoms with Crippen molar-refractivity contribution in [2.45, 2.75) is 374 Å². The highest BCUT2D eigenvalue weighted by atomic mass is 16.7. The molecule has 0 saturated carbocycles. The van der Waals surface area contributed by atoms with Crippen molar-refractivity contribution < 1.29 is 42.7 Å². The molecule has 1 heterocycles. The van der Waals surface area contributed by atoms with Crippen molar-refractivity contribution >= 4 is 5.97 Å². The van der Waals surface area contributed by atoms with Gasteiger partial charge in [0.1, 0.15) is 24.9 Å². The van der Waals surface area contributed by atoms with E-state index < -0.39 is 12.4 Å². The fraction of sp³-hybridized carbons (Fsp3) is 0.987. The molecule has 0 spiro atoms. The molecule has 10 nitrogen and oxygen atoms in total. The minimum atomic E-state index is -0.553. The summed E-state index contributed by atoms with van der Waals surface area (Å²) in [4.78, 5) is 14.6. The van der Waals surface area contributed by atoms with Crippen LogP contribution in [-0.2, 0) is 42.7 Å². The van der Waals surface area contributed by atoms with Gasteiger partial charge in [-0.2, -0.15) is 0 Å². The predicted molar refractivity (Wildman–Crippen MR) is 362 cm³/mol. The van der Waals surface area contributed by atoms with Crippen LogP contribution in [0.4, 0.5) is 0 Å². The number of likely N-dealkylation sites (N-methyl/N-ethyl adjacent to an activating group) is 1. The lowest BCUT2D eigenvalue weighted by molar-refractivity contribution is -0.184. The molecule has 1 unspecified atom stereocenters. The first-order valence-electron chi connectivity index (χ1n) is 37.9. The van der Waals surface area contributed by atoms with Crippen molar-refractivity contribution in [1.29, 1.82) is 0 Å². The lowest BCUT2D eigenvalue weighted by Gasteiger charge is -2.25. The minimum Gasteiger partial charge on any atom is -0.462 e. The maximum Gasteiger partial charge on any atom is 0.320 e. The van der Waals surface area contributed by atoms with Crippen LogP contribution in [0.5, 0.6) is 0 Å². The molecule has 0 aromatic rings. The van der Waals surface area contributed by atoms with Crippen molar-refractivity contribution in [3.63, 3.8) is 0 Å².